The molecule has 0 aliphatic rings. The van der Waals surface area contributed by atoms with Gasteiger partial charge in [-0.05, 0) is 41.2 Å². The highest BCUT2D eigenvalue weighted by molar-refractivity contribution is 5.52. The predicted octanol–water partition coefficient (Wildman–Crippen LogP) is 5.86. The number of ether oxygens (including phenoxy) is 1. The van der Waals surface area contributed by atoms with Gasteiger partial charge in [-0.2, -0.15) is 0 Å². The van der Waals surface area contributed by atoms with Gasteiger partial charge in [0.25, 0.3) is 0 Å². The van der Waals surface area contributed by atoms with E-state index >= 15 is 0 Å². The lowest BCUT2D eigenvalue weighted by atomic mass is 9.76. The van der Waals surface area contributed by atoms with E-state index in [-0.39, 0.29) is 0 Å². The van der Waals surface area contributed by atoms with E-state index in [0.717, 1.165) is 12.2 Å². The third-order valence-electron chi connectivity index (χ3n) is 4.44. The van der Waals surface area contributed by atoms with E-state index in [2.05, 4.69) is 79.7 Å². The minimum atomic E-state index is 0.363. The molecule has 0 fully saturated rings. The summed E-state index contributed by atoms with van der Waals surface area (Å²) in [6, 6.07) is 29.8. The van der Waals surface area contributed by atoms with E-state index < -0.39 is 0 Å². The third-order valence-corrected chi connectivity index (χ3v) is 4.44. The molecular weight excluding hydrogens is 292 g/mol. The molecule has 0 saturated carbocycles. The highest BCUT2D eigenvalue weighted by atomic mass is 16.5. The van der Waals surface area contributed by atoms with Crippen molar-refractivity contribution in [2.75, 3.05) is 7.11 Å². The fourth-order valence-electron chi connectivity index (χ4n) is 3.25. The number of hydrogen-bond donors (Lipinski definition) is 0. The van der Waals surface area contributed by atoms with E-state index in [4.69, 9.17) is 4.74 Å². The van der Waals surface area contributed by atoms with Gasteiger partial charge in [0, 0.05) is 5.92 Å². The van der Waals surface area contributed by atoms with Gasteiger partial charge >= 0.3 is 0 Å². The van der Waals surface area contributed by atoms with Gasteiger partial charge < -0.3 is 4.74 Å². The average Bonchev–Trinajstić information content (AvgIpc) is 2.67. The molecule has 3 rings (SSSR count). The van der Waals surface area contributed by atoms with Crippen molar-refractivity contribution < 1.29 is 4.74 Å². The van der Waals surface area contributed by atoms with Crippen molar-refractivity contribution in [3.63, 3.8) is 0 Å². The molecule has 1 heteroatoms. The molecule has 1 radical (unpaired) electrons. The Hall–Kier alpha value is -2.54. The van der Waals surface area contributed by atoms with Crippen molar-refractivity contribution in [1.29, 1.82) is 0 Å². The van der Waals surface area contributed by atoms with Crippen LogP contribution in [0.5, 0.6) is 5.75 Å². The van der Waals surface area contributed by atoms with Gasteiger partial charge in [-0.1, -0.05) is 79.7 Å². The Morgan fingerprint density at radius 1 is 0.750 bits per heavy atom. The maximum Gasteiger partial charge on any atom is 0.118 e. The molecular formula is C23H23O. The van der Waals surface area contributed by atoms with Gasteiger partial charge in [0.15, 0.2) is 0 Å². The van der Waals surface area contributed by atoms with Gasteiger partial charge in [-0.15, -0.1) is 0 Å². The Balaban J connectivity index is 2.07. The largest absolute Gasteiger partial charge is 0.497 e. The van der Waals surface area contributed by atoms with E-state index in [0.29, 0.717) is 5.92 Å². The summed E-state index contributed by atoms with van der Waals surface area (Å²) in [5.41, 5.74) is 3.88. The van der Waals surface area contributed by atoms with Crippen molar-refractivity contribution in [1.82, 2.24) is 0 Å². The van der Waals surface area contributed by atoms with Crippen LogP contribution in [0.15, 0.2) is 84.9 Å². The lowest BCUT2D eigenvalue weighted by molar-refractivity contribution is 0.414. The second-order valence-electron chi connectivity index (χ2n) is 5.88. The molecule has 3 aromatic rings. The lowest BCUT2D eigenvalue weighted by Crippen LogP contribution is -2.13. The highest BCUT2D eigenvalue weighted by Crippen LogP contribution is 2.39. The molecule has 0 spiro atoms. The smallest absolute Gasteiger partial charge is 0.118 e. The van der Waals surface area contributed by atoms with Crippen molar-refractivity contribution in [2.24, 2.45) is 0 Å². The van der Waals surface area contributed by atoms with E-state index in [9.17, 15) is 0 Å². The van der Waals surface area contributed by atoms with E-state index in [1.807, 2.05) is 12.1 Å². The first kappa shape index (κ1) is 16.3. The molecule has 1 atom stereocenters. The summed E-state index contributed by atoms with van der Waals surface area (Å²) in [5, 5.41) is 0. The Labute approximate surface area is 144 Å². The maximum atomic E-state index is 5.32. The highest BCUT2D eigenvalue weighted by Gasteiger charge is 2.25. The SMILES string of the molecule is CCC([C](c1ccccc1)c1ccc(OC)cc1)c1ccccc1. The first-order chi connectivity index (χ1) is 11.8. The molecule has 0 aliphatic heterocycles. The quantitative estimate of drug-likeness (QED) is 0.553. The summed E-state index contributed by atoms with van der Waals surface area (Å²) >= 11 is 0. The molecule has 3 aromatic carbocycles. The van der Waals surface area contributed by atoms with Crippen LogP contribution in [0.3, 0.4) is 0 Å². The second kappa shape index (κ2) is 7.83. The van der Waals surface area contributed by atoms with Crippen LogP contribution in [-0.4, -0.2) is 7.11 Å². The Morgan fingerprint density at radius 3 is 1.83 bits per heavy atom. The monoisotopic (exact) mass is 315 g/mol. The third kappa shape index (κ3) is 3.51. The number of benzene rings is 3. The fraction of sp³-hybridized carbons (Fsp3) is 0.174. The molecule has 0 aromatic heterocycles. The van der Waals surface area contributed by atoms with Gasteiger partial charge in [-0.3, -0.25) is 0 Å². The van der Waals surface area contributed by atoms with Crippen LogP contribution in [0, 0.1) is 5.92 Å². The molecule has 24 heavy (non-hydrogen) atoms. The molecule has 0 aliphatic carbocycles. The first-order valence-corrected chi connectivity index (χ1v) is 8.45. The minimum absolute atomic E-state index is 0.363. The van der Waals surface area contributed by atoms with Gasteiger partial charge in [-0.25, -0.2) is 0 Å². The maximum absolute atomic E-state index is 5.32. The van der Waals surface area contributed by atoms with Crippen LogP contribution in [0.1, 0.15) is 36.0 Å². The summed E-state index contributed by atoms with van der Waals surface area (Å²) in [4.78, 5) is 0. The standard InChI is InChI=1S/C23H23O/c1-3-22(18-10-6-4-7-11-18)23(19-12-8-5-9-13-19)20-14-16-21(24-2)17-15-20/h4-17,22H,3H2,1-2H3. The zero-order valence-electron chi connectivity index (χ0n) is 14.3. The Bertz CT molecular complexity index is 732. The summed E-state index contributed by atoms with van der Waals surface area (Å²) < 4.78 is 5.32. The summed E-state index contributed by atoms with van der Waals surface area (Å²) in [5.74, 6) is 2.62. The van der Waals surface area contributed by atoms with Crippen LogP contribution >= 0.6 is 0 Å². The van der Waals surface area contributed by atoms with Crippen LogP contribution in [0.4, 0.5) is 0 Å². The zero-order chi connectivity index (χ0) is 16.8. The predicted molar refractivity (Wildman–Crippen MR) is 100 cm³/mol. The molecule has 0 saturated heterocycles. The summed E-state index contributed by atoms with van der Waals surface area (Å²) in [6.45, 7) is 2.25. The van der Waals surface area contributed by atoms with E-state index in [1.54, 1.807) is 7.11 Å². The van der Waals surface area contributed by atoms with Crippen LogP contribution in [0.2, 0.25) is 0 Å². The molecule has 121 valence electrons. The van der Waals surface area contributed by atoms with E-state index in [1.165, 1.54) is 22.6 Å². The van der Waals surface area contributed by atoms with Crippen LogP contribution in [0.25, 0.3) is 0 Å². The van der Waals surface area contributed by atoms with Gasteiger partial charge in [0.2, 0.25) is 0 Å². The van der Waals surface area contributed by atoms with Crippen molar-refractivity contribution >= 4 is 0 Å². The Kier molecular flexibility index (Phi) is 5.32. The Morgan fingerprint density at radius 2 is 1.29 bits per heavy atom. The van der Waals surface area contributed by atoms with Crippen molar-refractivity contribution in [3.05, 3.63) is 108 Å². The van der Waals surface area contributed by atoms with Crippen molar-refractivity contribution in [3.8, 4) is 5.75 Å². The van der Waals surface area contributed by atoms with Gasteiger partial charge in [0.05, 0.1) is 7.11 Å². The summed E-state index contributed by atoms with van der Waals surface area (Å²) in [7, 11) is 1.70. The second-order valence-corrected chi connectivity index (χ2v) is 5.88. The lowest BCUT2D eigenvalue weighted by Gasteiger charge is -2.27. The molecule has 0 N–H and O–H groups in total. The number of hydrogen-bond acceptors (Lipinski definition) is 1. The van der Waals surface area contributed by atoms with Gasteiger partial charge in [0.1, 0.15) is 5.75 Å². The van der Waals surface area contributed by atoms with Crippen molar-refractivity contribution in [2.45, 2.75) is 19.3 Å². The number of methoxy groups -OCH3 is 1. The average molecular weight is 315 g/mol. The topological polar surface area (TPSA) is 9.23 Å². The fourth-order valence-corrected chi connectivity index (χ4v) is 3.25. The molecule has 1 unspecified atom stereocenters. The molecule has 0 heterocycles. The molecule has 0 bridgehead atoms. The molecule has 0 amide bonds. The first-order valence-electron chi connectivity index (χ1n) is 8.45. The minimum Gasteiger partial charge on any atom is -0.497 e. The normalized spacial score (nSPS) is 12.1. The number of rotatable bonds is 6. The summed E-state index contributed by atoms with van der Waals surface area (Å²) in [6.07, 6.45) is 1.06. The van der Waals surface area contributed by atoms with Crippen LogP contribution in [-0.2, 0) is 0 Å². The zero-order valence-corrected chi connectivity index (χ0v) is 14.3. The molecule has 1 nitrogen and oxygen atoms in total. The van der Waals surface area contributed by atoms with Crippen LogP contribution < -0.4 is 4.74 Å².